The highest BCUT2D eigenvalue weighted by Crippen LogP contribution is 2.14. The Kier molecular flexibility index (Phi) is 3.51. The van der Waals surface area contributed by atoms with E-state index in [9.17, 15) is 13.0 Å². The molecule has 80 valence electrons. The Bertz CT molecular complexity index is 518. The van der Waals surface area contributed by atoms with Gasteiger partial charge in [-0.25, -0.2) is 8.42 Å². The van der Waals surface area contributed by atoms with Gasteiger partial charge >= 0.3 is 0 Å². The summed E-state index contributed by atoms with van der Waals surface area (Å²) in [4.78, 5) is -0.228. The van der Waals surface area contributed by atoms with Crippen LogP contribution < -0.4 is 0 Å². The van der Waals surface area contributed by atoms with Crippen LogP contribution in [0.4, 0.5) is 0 Å². The van der Waals surface area contributed by atoms with Gasteiger partial charge in [-0.15, -0.1) is 0 Å². The summed E-state index contributed by atoms with van der Waals surface area (Å²) in [5.74, 6) is 5.66. The van der Waals surface area contributed by atoms with Gasteiger partial charge in [0.15, 0.2) is 0 Å². The number of benzene rings is 1. The van der Waals surface area contributed by atoms with Gasteiger partial charge in [0.25, 0.3) is 0 Å². The molecule has 4 heteroatoms. The van der Waals surface area contributed by atoms with Gasteiger partial charge in [-0.3, -0.25) is 0 Å². The third-order valence-electron chi connectivity index (χ3n) is 1.90. The van der Waals surface area contributed by atoms with E-state index in [1.165, 1.54) is 12.1 Å². The molecule has 1 aromatic carbocycles. The smallest absolute Gasteiger partial charge is 0.124 e. The SMILES string of the molecule is CCC#Cc1cc(S(=O)(=O)[O-])ccc1C. The first-order chi connectivity index (χ1) is 6.95. The Labute approximate surface area is 89.9 Å². The maximum atomic E-state index is 10.8. The van der Waals surface area contributed by atoms with Crippen molar-refractivity contribution in [3.8, 4) is 11.8 Å². The molecule has 0 bridgehead atoms. The number of hydrogen-bond donors (Lipinski definition) is 0. The maximum Gasteiger partial charge on any atom is 0.124 e. The quantitative estimate of drug-likeness (QED) is 0.537. The van der Waals surface area contributed by atoms with Crippen LogP contribution in [-0.2, 0) is 10.1 Å². The molecule has 3 nitrogen and oxygen atoms in total. The summed E-state index contributed by atoms with van der Waals surface area (Å²) in [6.07, 6.45) is 0.688. The fraction of sp³-hybridized carbons (Fsp3) is 0.273. The molecule has 0 aromatic heterocycles. The summed E-state index contributed by atoms with van der Waals surface area (Å²) in [6, 6.07) is 4.21. The minimum Gasteiger partial charge on any atom is -0.744 e. The first kappa shape index (κ1) is 11.8. The van der Waals surface area contributed by atoms with Gasteiger partial charge in [-0.05, 0) is 24.6 Å². The summed E-state index contributed by atoms with van der Waals surface area (Å²) in [6.45, 7) is 3.72. The third-order valence-corrected chi connectivity index (χ3v) is 2.73. The molecule has 0 aliphatic heterocycles. The molecule has 15 heavy (non-hydrogen) atoms. The van der Waals surface area contributed by atoms with Crippen LogP contribution in [0.25, 0.3) is 0 Å². The molecule has 0 saturated heterocycles. The van der Waals surface area contributed by atoms with Crippen molar-refractivity contribution in [2.75, 3.05) is 0 Å². The molecule has 0 amide bonds. The highest BCUT2D eigenvalue weighted by atomic mass is 32.2. The summed E-state index contributed by atoms with van der Waals surface area (Å²) >= 11 is 0. The molecule has 0 atom stereocenters. The lowest BCUT2D eigenvalue weighted by molar-refractivity contribution is 0.463. The molecule has 1 aromatic rings. The number of aryl methyl sites for hydroxylation is 1. The van der Waals surface area contributed by atoms with Crippen molar-refractivity contribution < 1.29 is 13.0 Å². The van der Waals surface area contributed by atoms with Crippen molar-refractivity contribution in [3.63, 3.8) is 0 Å². The summed E-state index contributed by atoms with van der Waals surface area (Å²) < 4.78 is 32.3. The van der Waals surface area contributed by atoms with Crippen molar-refractivity contribution in [1.82, 2.24) is 0 Å². The van der Waals surface area contributed by atoms with Crippen LogP contribution in [0.3, 0.4) is 0 Å². The Morgan fingerprint density at radius 2 is 2.07 bits per heavy atom. The lowest BCUT2D eigenvalue weighted by Gasteiger charge is -2.08. The van der Waals surface area contributed by atoms with E-state index in [1.807, 2.05) is 13.8 Å². The van der Waals surface area contributed by atoms with Crippen molar-refractivity contribution in [2.24, 2.45) is 0 Å². The van der Waals surface area contributed by atoms with E-state index in [2.05, 4.69) is 11.8 Å². The molecule has 0 heterocycles. The monoisotopic (exact) mass is 223 g/mol. The van der Waals surface area contributed by atoms with Crippen molar-refractivity contribution in [2.45, 2.75) is 25.2 Å². The molecule has 0 aliphatic carbocycles. The summed E-state index contributed by atoms with van der Waals surface area (Å²) in [7, 11) is -4.38. The van der Waals surface area contributed by atoms with E-state index < -0.39 is 10.1 Å². The molecule has 0 saturated carbocycles. The molecule has 0 radical (unpaired) electrons. The van der Waals surface area contributed by atoms with E-state index in [1.54, 1.807) is 6.07 Å². The second-order valence-electron chi connectivity index (χ2n) is 3.09. The molecular formula is C11H11O3S-. The van der Waals surface area contributed by atoms with Crippen LogP contribution in [0, 0.1) is 18.8 Å². The Morgan fingerprint density at radius 1 is 1.40 bits per heavy atom. The van der Waals surface area contributed by atoms with Crippen LogP contribution in [0.15, 0.2) is 23.1 Å². The minimum absolute atomic E-state index is 0.228. The Hall–Kier alpha value is -1.31. The van der Waals surface area contributed by atoms with E-state index in [4.69, 9.17) is 0 Å². The van der Waals surface area contributed by atoms with Gasteiger partial charge in [-0.2, -0.15) is 0 Å². The number of rotatable bonds is 1. The van der Waals surface area contributed by atoms with Crippen LogP contribution >= 0.6 is 0 Å². The summed E-state index contributed by atoms with van der Waals surface area (Å²) in [5.41, 5.74) is 1.46. The van der Waals surface area contributed by atoms with Crippen molar-refractivity contribution >= 4 is 10.1 Å². The standard InChI is InChI=1S/C11H12O3S/c1-3-4-5-10-8-11(15(12,13)14)7-6-9(10)2/h6-8H,3H2,1-2H3,(H,12,13,14)/p-1. The lowest BCUT2D eigenvalue weighted by Crippen LogP contribution is -1.99. The molecule has 0 fully saturated rings. The molecule has 0 N–H and O–H groups in total. The molecule has 0 unspecified atom stereocenters. The van der Waals surface area contributed by atoms with E-state index in [0.29, 0.717) is 12.0 Å². The second kappa shape index (κ2) is 4.47. The maximum absolute atomic E-state index is 10.8. The van der Waals surface area contributed by atoms with Gasteiger partial charge < -0.3 is 4.55 Å². The van der Waals surface area contributed by atoms with Crippen molar-refractivity contribution in [3.05, 3.63) is 29.3 Å². The van der Waals surface area contributed by atoms with Gasteiger partial charge in [0, 0.05) is 12.0 Å². The molecule has 1 rings (SSSR count). The van der Waals surface area contributed by atoms with E-state index in [-0.39, 0.29) is 4.90 Å². The van der Waals surface area contributed by atoms with Crippen LogP contribution in [0.5, 0.6) is 0 Å². The highest BCUT2D eigenvalue weighted by molar-refractivity contribution is 7.85. The zero-order valence-corrected chi connectivity index (χ0v) is 9.39. The normalized spacial score (nSPS) is 10.6. The van der Waals surface area contributed by atoms with Gasteiger partial charge in [0.05, 0.1) is 4.90 Å². The molecule has 0 aliphatic rings. The minimum atomic E-state index is -4.38. The average molecular weight is 223 g/mol. The number of hydrogen-bond acceptors (Lipinski definition) is 3. The van der Waals surface area contributed by atoms with Gasteiger partial charge in [-0.1, -0.05) is 24.8 Å². The third kappa shape index (κ3) is 3.08. The topological polar surface area (TPSA) is 57.2 Å². The van der Waals surface area contributed by atoms with Crippen LogP contribution in [0.2, 0.25) is 0 Å². The van der Waals surface area contributed by atoms with Crippen molar-refractivity contribution in [1.29, 1.82) is 0 Å². The molecule has 0 spiro atoms. The van der Waals surface area contributed by atoms with E-state index in [0.717, 1.165) is 5.56 Å². The fourth-order valence-electron chi connectivity index (χ4n) is 1.07. The zero-order valence-electron chi connectivity index (χ0n) is 8.57. The predicted octanol–water partition coefficient (Wildman–Crippen LogP) is 1.66. The van der Waals surface area contributed by atoms with Crippen LogP contribution in [-0.4, -0.2) is 13.0 Å². The fourth-order valence-corrected chi connectivity index (χ4v) is 1.57. The summed E-state index contributed by atoms with van der Waals surface area (Å²) in [5, 5.41) is 0. The van der Waals surface area contributed by atoms with Gasteiger partial charge in [0.2, 0.25) is 0 Å². The van der Waals surface area contributed by atoms with Crippen LogP contribution in [0.1, 0.15) is 24.5 Å². The predicted molar refractivity (Wildman–Crippen MR) is 56.3 cm³/mol. The van der Waals surface area contributed by atoms with Gasteiger partial charge in [0.1, 0.15) is 10.1 Å². The lowest BCUT2D eigenvalue weighted by atomic mass is 10.1. The first-order valence-corrected chi connectivity index (χ1v) is 5.91. The Balaban J connectivity index is 3.29. The van der Waals surface area contributed by atoms with E-state index >= 15 is 0 Å². The largest absolute Gasteiger partial charge is 0.744 e. The first-order valence-electron chi connectivity index (χ1n) is 4.50. The zero-order chi connectivity index (χ0) is 11.5. The molecular weight excluding hydrogens is 212 g/mol. The Morgan fingerprint density at radius 3 is 2.60 bits per heavy atom. The average Bonchev–Trinajstić information content (AvgIpc) is 2.15. The highest BCUT2D eigenvalue weighted by Gasteiger charge is 2.03. The second-order valence-corrected chi connectivity index (χ2v) is 4.47.